The Hall–Kier alpha value is -3.84. The first kappa shape index (κ1) is 30.7. The fourth-order valence-electron chi connectivity index (χ4n) is 3.20. The van der Waals surface area contributed by atoms with Gasteiger partial charge in [0.05, 0.1) is 23.5 Å². The predicted octanol–water partition coefficient (Wildman–Crippen LogP) is 5.24. The lowest BCUT2D eigenvalue weighted by atomic mass is 10.2. The van der Waals surface area contributed by atoms with Gasteiger partial charge in [-0.25, -0.2) is 5.43 Å². The molecule has 3 rings (SSSR count). The van der Waals surface area contributed by atoms with Gasteiger partial charge >= 0.3 is 11.8 Å². The maximum Gasteiger partial charge on any atom is 0.329 e. The van der Waals surface area contributed by atoms with Crippen molar-refractivity contribution < 1.29 is 28.6 Å². The zero-order valence-corrected chi connectivity index (χ0v) is 24.7. The lowest BCUT2D eigenvalue weighted by molar-refractivity contribution is -0.136. The molecule has 0 aliphatic rings. The minimum Gasteiger partial charge on any atom is -0.494 e. The molecule has 0 atom stereocenters. The second-order valence-corrected chi connectivity index (χ2v) is 9.86. The normalized spacial score (nSPS) is 10.6. The van der Waals surface area contributed by atoms with Crippen LogP contribution >= 0.6 is 34.2 Å². The van der Waals surface area contributed by atoms with Crippen molar-refractivity contribution in [2.24, 2.45) is 5.10 Å². The summed E-state index contributed by atoms with van der Waals surface area (Å²) in [4.78, 5) is 36.6. The van der Waals surface area contributed by atoms with Crippen LogP contribution in [0.5, 0.6) is 17.2 Å². The van der Waals surface area contributed by atoms with Gasteiger partial charge in [0.1, 0.15) is 5.75 Å². The highest BCUT2D eigenvalue weighted by Crippen LogP contribution is 2.33. The lowest BCUT2D eigenvalue weighted by Gasteiger charge is -2.13. The highest BCUT2D eigenvalue weighted by molar-refractivity contribution is 14.1. The Kier molecular flexibility index (Phi) is 12.0. The number of benzene rings is 3. The van der Waals surface area contributed by atoms with E-state index in [1.54, 1.807) is 60.7 Å². The van der Waals surface area contributed by atoms with Crippen LogP contribution in [0.4, 0.5) is 11.4 Å². The van der Waals surface area contributed by atoms with Gasteiger partial charge in [-0.2, -0.15) is 5.10 Å². The molecule has 210 valence electrons. The van der Waals surface area contributed by atoms with Crippen LogP contribution < -0.4 is 30.3 Å². The summed E-state index contributed by atoms with van der Waals surface area (Å²) in [7, 11) is 1.46. The number of hydrazone groups is 1. The van der Waals surface area contributed by atoms with Gasteiger partial charge in [0, 0.05) is 16.4 Å². The van der Waals surface area contributed by atoms with Crippen LogP contribution in [0.1, 0.15) is 25.3 Å². The Morgan fingerprint density at radius 2 is 1.62 bits per heavy atom. The molecule has 0 saturated carbocycles. The molecule has 3 amide bonds. The number of nitrogens with one attached hydrogen (secondary N) is 3. The van der Waals surface area contributed by atoms with Crippen LogP contribution in [0.15, 0.2) is 65.8 Å². The number of hydrogen-bond donors (Lipinski definition) is 3. The van der Waals surface area contributed by atoms with Crippen LogP contribution in [0.3, 0.4) is 0 Å². The van der Waals surface area contributed by atoms with Crippen molar-refractivity contribution in [3.8, 4) is 17.2 Å². The van der Waals surface area contributed by atoms with Crippen molar-refractivity contribution in [1.29, 1.82) is 0 Å². The number of unbranched alkanes of at least 4 members (excludes halogenated alkanes) is 1. The van der Waals surface area contributed by atoms with Crippen LogP contribution in [-0.2, 0) is 14.4 Å². The molecule has 10 nitrogen and oxygen atoms in total. The summed E-state index contributed by atoms with van der Waals surface area (Å²) in [5, 5.41) is 9.64. The molecule has 0 fully saturated rings. The minimum absolute atomic E-state index is 0.248. The van der Waals surface area contributed by atoms with Gasteiger partial charge in [-0.15, -0.1) is 0 Å². The summed E-state index contributed by atoms with van der Waals surface area (Å²) < 4.78 is 17.3. The van der Waals surface area contributed by atoms with E-state index in [9.17, 15) is 14.4 Å². The number of halogens is 2. The van der Waals surface area contributed by atoms with E-state index in [4.69, 9.17) is 25.8 Å². The predicted molar refractivity (Wildman–Crippen MR) is 162 cm³/mol. The zero-order chi connectivity index (χ0) is 28.9. The Morgan fingerprint density at radius 1 is 0.950 bits per heavy atom. The van der Waals surface area contributed by atoms with E-state index in [2.05, 4.69) is 28.1 Å². The van der Waals surface area contributed by atoms with Gasteiger partial charge in [-0.1, -0.05) is 24.9 Å². The van der Waals surface area contributed by atoms with Gasteiger partial charge < -0.3 is 24.8 Å². The van der Waals surface area contributed by atoms with Crippen molar-refractivity contribution in [3.05, 3.63) is 74.8 Å². The first-order valence-electron chi connectivity index (χ1n) is 12.2. The van der Waals surface area contributed by atoms with Crippen molar-refractivity contribution in [2.45, 2.75) is 19.8 Å². The number of anilines is 2. The second kappa shape index (κ2) is 15.7. The number of rotatable bonds is 12. The first-order chi connectivity index (χ1) is 19.3. The Morgan fingerprint density at radius 3 is 2.30 bits per heavy atom. The number of carbonyl (C=O) groups is 3. The SMILES string of the molecule is CCCCOc1ccc(NC(=O)C(=O)N/N=C\c2cc(I)c(OCC(=O)Nc3ccc(Cl)cc3)c(OC)c2)cc1. The highest BCUT2D eigenvalue weighted by Gasteiger charge is 2.15. The molecular formula is C28H28ClIN4O6. The topological polar surface area (TPSA) is 127 Å². The van der Waals surface area contributed by atoms with Crippen molar-refractivity contribution in [2.75, 3.05) is 31.0 Å². The molecule has 0 spiro atoms. The molecule has 0 saturated heterocycles. The minimum atomic E-state index is -0.937. The van der Waals surface area contributed by atoms with E-state index in [1.807, 2.05) is 22.6 Å². The van der Waals surface area contributed by atoms with Gasteiger partial charge in [-0.05, 0) is 95.2 Å². The van der Waals surface area contributed by atoms with E-state index in [0.29, 0.717) is 49.4 Å². The third-order valence-corrected chi connectivity index (χ3v) is 6.25. The smallest absolute Gasteiger partial charge is 0.329 e. The van der Waals surface area contributed by atoms with Crippen molar-refractivity contribution in [3.63, 3.8) is 0 Å². The van der Waals surface area contributed by atoms with E-state index in [-0.39, 0.29) is 12.5 Å². The fraction of sp³-hybridized carbons (Fsp3) is 0.214. The maximum absolute atomic E-state index is 12.3. The highest BCUT2D eigenvalue weighted by atomic mass is 127. The molecule has 12 heteroatoms. The van der Waals surface area contributed by atoms with Crippen molar-refractivity contribution >= 4 is 69.5 Å². The van der Waals surface area contributed by atoms with Crippen LogP contribution in [-0.4, -0.2) is 44.3 Å². The van der Waals surface area contributed by atoms with Crippen LogP contribution in [0, 0.1) is 3.57 Å². The second-order valence-electron chi connectivity index (χ2n) is 8.26. The van der Waals surface area contributed by atoms with E-state index < -0.39 is 11.8 Å². The van der Waals surface area contributed by atoms with Gasteiger partial charge in [0.25, 0.3) is 5.91 Å². The average Bonchev–Trinajstić information content (AvgIpc) is 2.94. The number of ether oxygens (including phenoxy) is 3. The van der Waals surface area contributed by atoms with E-state index in [0.717, 1.165) is 12.8 Å². The summed E-state index contributed by atoms with van der Waals surface area (Å²) in [5.74, 6) is -0.751. The Bertz CT molecular complexity index is 1350. The van der Waals surface area contributed by atoms with E-state index >= 15 is 0 Å². The number of hydrogen-bond acceptors (Lipinski definition) is 7. The molecule has 0 radical (unpaired) electrons. The molecule has 40 heavy (non-hydrogen) atoms. The van der Waals surface area contributed by atoms with E-state index in [1.165, 1.54) is 13.3 Å². The Balaban J connectivity index is 1.52. The fourth-order valence-corrected chi connectivity index (χ4v) is 4.10. The summed E-state index contributed by atoms with van der Waals surface area (Å²) in [6.45, 7) is 2.45. The molecular weight excluding hydrogens is 651 g/mol. The summed E-state index contributed by atoms with van der Waals surface area (Å²) in [5.41, 5.74) is 3.80. The summed E-state index contributed by atoms with van der Waals surface area (Å²) >= 11 is 7.90. The van der Waals surface area contributed by atoms with Gasteiger partial charge in [0.15, 0.2) is 18.1 Å². The molecule has 3 aromatic carbocycles. The maximum atomic E-state index is 12.3. The number of amides is 3. The number of nitrogens with zero attached hydrogens (tertiary/aromatic N) is 1. The molecule has 0 bridgehead atoms. The van der Waals surface area contributed by atoms with Crippen LogP contribution in [0.25, 0.3) is 0 Å². The molecule has 0 aliphatic carbocycles. The average molecular weight is 679 g/mol. The molecule has 0 heterocycles. The molecule has 3 aromatic rings. The largest absolute Gasteiger partial charge is 0.494 e. The third kappa shape index (κ3) is 9.72. The third-order valence-electron chi connectivity index (χ3n) is 5.19. The number of methoxy groups -OCH3 is 1. The monoisotopic (exact) mass is 678 g/mol. The summed E-state index contributed by atoms with van der Waals surface area (Å²) in [6, 6.07) is 16.8. The Labute approximate surface area is 250 Å². The quantitative estimate of drug-likeness (QED) is 0.0791. The number of carbonyl (C=O) groups excluding carboxylic acids is 3. The molecule has 0 unspecified atom stereocenters. The molecule has 3 N–H and O–H groups in total. The molecule has 0 aromatic heterocycles. The zero-order valence-electron chi connectivity index (χ0n) is 21.8. The lowest BCUT2D eigenvalue weighted by Crippen LogP contribution is -2.32. The first-order valence-corrected chi connectivity index (χ1v) is 13.7. The van der Waals surface area contributed by atoms with Gasteiger partial charge in [-0.3, -0.25) is 14.4 Å². The van der Waals surface area contributed by atoms with Crippen molar-refractivity contribution in [1.82, 2.24) is 5.43 Å². The standard InChI is InChI=1S/C28H28ClIN4O6/c1-3-4-13-39-22-11-9-21(10-12-22)33-27(36)28(37)34-31-16-18-14-23(30)26(24(15-18)38-2)40-17-25(35)32-20-7-5-19(29)6-8-20/h5-12,14-16H,3-4,13,17H2,1-2H3,(H,32,35)(H,33,36)(H,34,37)/b31-16-. The summed E-state index contributed by atoms with van der Waals surface area (Å²) in [6.07, 6.45) is 3.34. The molecule has 0 aliphatic heterocycles. The van der Waals surface area contributed by atoms with Gasteiger partial charge in [0.2, 0.25) is 0 Å². The van der Waals surface area contributed by atoms with Crippen LogP contribution in [0.2, 0.25) is 5.02 Å².